The predicted octanol–water partition coefficient (Wildman–Crippen LogP) is 9.73. The number of benzene rings is 4. The van der Waals surface area contributed by atoms with Crippen molar-refractivity contribution >= 4 is 0 Å². The van der Waals surface area contributed by atoms with Gasteiger partial charge in [0.15, 0.2) is 11.6 Å². The van der Waals surface area contributed by atoms with E-state index in [9.17, 15) is 48.3 Å². The van der Waals surface area contributed by atoms with Crippen LogP contribution in [0.1, 0.15) is 28.7 Å². The molecular formula is C32H17F11O2. The van der Waals surface area contributed by atoms with Crippen LogP contribution >= 0.6 is 0 Å². The number of hydrogen-bond acceptors (Lipinski definition) is 2. The predicted molar refractivity (Wildman–Crippen MR) is 140 cm³/mol. The van der Waals surface area contributed by atoms with Crippen LogP contribution in [0.25, 0.3) is 11.1 Å². The van der Waals surface area contributed by atoms with Gasteiger partial charge in [0.05, 0.1) is 5.56 Å². The molecule has 0 aliphatic heterocycles. The van der Waals surface area contributed by atoms with Crippen molar-refractivity contribution in [3.8, 4) is 34.5 Å². The third-order valence-electron chi connectivity index (χ3n) is 6.06. The highest BCUT2D eigenvalue weighted by molar-refractivity contribution is 5.66. The average Bonchev–Trinajstić information content (AvgIpc) is 2.92. The van der Waals surface area contributed by atoms with Crippen LogP contribution in [-0.2, 0) is 12.5 Å². The number of ether oxygens (including phenoxy) is 2. The normalized spacial score (nSPS) is 11.5. The lowest BCUT2D eigenvalue weighted by Gasteiger charge is -2.20. The number of aryl methyl sites for hydroxylation is 1. The maximum absolute atomic E-state index is 14.7. The minimum atomic E-state index is -5.52. The van der Waals surface area contributed by atoms with Crippen LogP contribution in [-0.4, -0.2) is 6.36 Å². The standard InChI is InChI=1S/C32H17F11O2/c1-2-3-4-17-6-10-22(24(34)11-17)20-9-8-19(23(33)14-20)7-5-18-12-25(35)29(26(36)13-18)31(39,40)44-21-15-27(37)30(28(38)16-21)45-32(41,42)43/h2,6,8-16H,1,3-4H2. The highest BCUT2D eigenvalue weighted by Crippen LogP contribution is 2.38. The summed E-state index contributed by atoms with van der Waals surface area (Å²) in [5.74, 6) is -8.44. The van der Waals surface area contributed by atoms with Crippen molar-refractivity contribution in [2.75, 3.05) is 0 Å². The van der Waals surface area contributed by atoms with Crippen molar-refractivity contribution in [1.82, 2.24) is 0 Å². The zero-order valence-electron chi connectivity index (χ0n) is 22.4. The van der Waals surface area contributed by atoms with E-state index >= 15 is 0 Å². The topological polar surface area (TPSA) is 18.5 Å². The summed E-state index contributed by atoms with van der Waals surface area (Å²) in [5.41, 5.74) is -1.82. The van der Waals surface area contributed by atoms with Crippen LogP contribution in [0.15, 0.2) is 73.3 Å². The average molecular weight is 642 g/mol. The fraction of sp³-hybridized carbons (Fsp3) is 0.125. The molecule has 45 heavy (non-hydrogen) atoms. The highest BCUT2D eigenvalue weighted by atomic mass is 19.4. The molecule has 0 unspecified atom stereocenters. The summed E-state index contributed by atoms with van der Waals surface area (Å²) in [6.45, 7) is 3.60. The Morgan fingerprint density at radius 2 is 1.31 bits per heavy atom. The number of alkyl halides is 5. The van der Waals surface area contributed by atoms with E-state index in [2.05, 4.69) is 27.9 Å². The first-order valence-corrected chi connectivity index (χ1v) is 12.6. The summed E-state index contributed by atoms with van der Waals surface area (Å²) in [5, 5.41) is 0. The second-order valence-corrected chi connectivity index (χ2v) is 9.28. The minimum Gasteiger partial charge on any atom is -0.429 e. The van der Waals surface area contributed by atoms with Crippen LogP contribution < -0.4 is 9.47 Å². The first-order valence-electron chi connectivity index (χ1n) is 12.6. The van der Waals surface area contributed by atoms with Gasteiger partial charge in [0.25, 0.3) is 0 Å². The van der Waals surface area contributed by atoms with E-state index in [0.717, 1.165) is 6.07 Å². The summed E-state index contributed by atoms with van der Waals surface area (Å²) < 4.78 is 160. The van der Waals surface area contributed by atoms with E-state index < -0.39 is 70.0 Å². The molecule has 2 nitrogen and oxygen atoms in total. The zero-order valence-corrected chi connectivity index (χ0v) is 22.4. The van der Waals surface area contributed by atoms with Crippen molar-refractivity contribution < 1.29 is 57.8 Å². The first kappa shape index (κ1) is 32.9. The molecule has 0 saturated heterocycles. The second kappa shape index (κ2) is 12.9. The van der Waals surface area contributed by atoms with Gasteiger partial charge in [-0.1, -0.05) is 36.1 Å². The monoisotopic (exact) mass is 642 g/mol. The molecule has 0 heterocycles. The summed E-state index contributed by atoms with van der Waals surface area (Å²) >= 11 is 0. The molecule has 234 valence electrons. The number of allylic oxidation sites excluding steroid dienone is 1. The van der Waals surface area contributed by atoms with Crippen LogP contribution in [0.2, 0.25) is 0 Å². The summed E-state index contributed by atoms with van der Waals surface area (Å²) in [6.07, 6.45) is -7.56. The lowest BCUT2D eigenvalue weighted by Crippen LogP contribution is -2.25. The molecule has 0 aliphatic carbocycles. The molecule has 0 atom stereocenters. The van der Waals surface area contributed by atoms with Gasteiger partial charge < -0.3 is 9.47 Å². The molecule has 0 aromatic heterocycles. The summed E-state index contributed by atoms with van der Waals surface area (Å²) in [6, 6.07) is 8.45. The first-order chi connectivity index (χ1) is 21.1. The van der Waals surface area contributed by atoms with Gasteiger partial charge in [-0.15, -0.1) is 19.8 Å². The molecule has 4 aromatic carbocycles. The minimum absolute atomic E-state index is 0.106. The fourth-order valence-electron chi connectivity index (χ4n) is 4.07. The van der Waals surface area contributed by atoms with E-state index in [0.29, 0.717) is 30.5 Å². The Morgan fingerprint density at radius 1 is 0.667 bits per heavy atom. The molecule has 0 saturated carbocycles. The van der Waals surface area contributed by atoms with Gasteiger partial charge in [-0.25, -0.2) is 26.3 Å². The second-order valence-electron chi connectivity index (χ2n) is 9.28. The summed E-state index contributed by atoms with van der Waals surface area (Å²) in [7, 11) is 0. The molecule has 0 amide bonds. The largest absolute Gasteiger partial charge is 0.573 e. The van der Waals surface area contributed by atoms with E-state index in [1.165, 1.54) is 24.3 Å². The molecule has 0 radical (unpaired) electrons. The zero-order chi connectivity index (χ0) is 33.1. The van der Waals surface area contributed by atoms with Crippen molar-refractivity contribution in [2.45, 2.75) is 25.3 Å². The Bertz CT molecular complexity index is 1770. The molecule has 0 spiro atoms. The molecule has 0 fully saturated rings. The maximum Gasteiger partial charge on any atom is 0.573 e. The Labute approximate surface area is 248 Å². The van der Waals surface area contributed by atoms with Gasteiger partial charge in [0.2, 0.25) is 5.75 Å². The molecule has 0 aliphatic rings. The molecular weight excluding hydrogens is 625 g/mol. The van der Waals surface area contributed by atoms with Crippen molar-refractivity contribution in [1.29, 1.82) is 0 Å². The lowest BCUT2D eigenvalue weighted by molar-refractivity contribution is -0.276. The van der Waals surface area contributed by atoms with Crippen LogP contribution in [0.5, 0.6) is 11.5 Å². The Hall–Kier alpha value is -4.99. The maximum atomic E-state index is 14.7. The van der Waals surface area contributed by atoms with Crippen LogP contribution in [0, 0.1) is 46.7 Å². The van der Waals surface area contributed by atoms with Crippen LogP contribution in [0.3, 0.4) is 0 Å². The molecule has 4 aromatic rings. The highest BCUT2D eigenvalue weighted by Gasteiger charge is 2.42. The number of hydrogen-bond donors (Lipinski definition) is 0. The van der Waals surface area contributed by atoms with Gasteiger partial charge >= 0.3 is 12.5 Å². The van der Waals surface area contributed by atoms with E-state index in [-0.39, 0.29) is 28.8 Å². The smallest absolute Gasteiger partial charge is 0.429 e. The lowest BCUT2D eigenvalue weighted by atomic mass is 10.00. The third kappa shape index (κ3) is 7.94. The molecule has 0 N–H and O–H groups in total. The van der Waals surface area contributed by atoms with E-state index in [1.807, 2.05) is 0 Å². The van der Waals surface area contributed by atoms with Crippen molar-refractivity contribution in [2.24, 2.45) is 0 Å². The van der Waals surface area contributed by atoms with E-state index in [4.69, 9.17) is 0 Å². The van der Waals surface area contributed by atoms with Gasteiger partial charge in [0, 0.05) is 23.3 Å². The number of rotatable bonds is 8. The van der Waals surface area contributed by atoms with Crippen LogP contribution in [0.4, 0.5) is 48.3 Å². The van der Waals surface area contributed by atoms with Gasteiger partial charge in [-0.05, 0) is 54.3 Å². The van der Waals surface area contributed by atoms with E-state index in [1.54, 1.807) is 12.1 Å². The Kier molecular flexibility index (Phi) is 9.46. The quantitative estimate of drug-likeness (QED) is 0.108. The summed E-state index contributed by atoms with van der Waals surface area (Å²) in [4.78, 5) is 0. The van der Waals surface area contributed by atoms with Gasteiger partial charge in [-0.2, -0.15) is 8.78 Å². The molecule has 4 rings (SSSR count). The Balaban J connectivity index is 1.55. The van der Waals surface area contributed by atoms with Crippen molar-refractivity contribution in [3.63, 3.8) is 0 Å². The molecule has 0 bridgehead atoms. The Morgan fingerprint density at radius 3 is 1.87 bits per heavy atom. The van der Waals surface area contributed by atoms with Crippen molar-refractivity contribution in [3.05, 3.63) is 130 Å². The third-order valence-corrected chi connectivity index (χ3v) is 6.06. The SMILES string of the molecule is C=CCCc1ccc(-c2ccc(C#Cc3cc(F)c(C(F)(F)Oc4cc(F)c(OC(F)(F)F)c(F)c4)c(F)c3)c(F)c2)c(F)c1. The van der Waals surface area contributed by atoms with Gasteiger partial charge in [-0.3, -0.25) is 0 Å². The molecule has 13 heteroatoms. The van der Waals surface area contributed by atoms with Gasteiger partial charge in [0.1, 0.15) is 34.6 Å². The number of halogens is 11. The fourth-order valence-corrected chi connectivity index (χ4v) is 4.07.